The first-order chi connectivity index (χ1) is 27.7. The Bertz CT molecular complexity index is 3160. The van der Waals surface area contributed by atoms with Crippen molar-refractivity contribution in [2.75, 3.05) is 0 Å². The molecular weight excluding hydrogens is 681 g/mol. The number of furan rings is 1. The molecule has 8 aromatic carbocycles. The molecule has 0 amide bonds. The molecule has 262 valence electrons. The third-order valence-corrected chi connectivity index (χ3v) is 11.0. The van der Waals surface area contributed by atoms with Crippen LogP contribution in [0.1, 0.15) is 0 Å². The summed E-state index contributed by atoms with van der Waals surface area (Å²) in [6, 6.07) is 73.4. The Kier molecular flexibility index (Phi) is 7.49. The van der Waals surface area contributed by atoms with Gasteiger partial charge in [-0.15, -0.1) is 0 Å². The van der Waals surface area contributed by atoms with Crippen LogP contribution in [0.5, 0.6) is 0 Å². The topological polar surface area (TPSA) is 31.0 Å². The van der Waals surface area contributed by atoms with Crippen molar-refractivity contribution in [1.29, 1.82) is 0 Å². The maximum absolute atomic E-state index is 6.17. The van der Waals surface area contributed by atoms with Crippen molar-refractivity contribution in [1.82, 2.24) is 9.55 Å². The van der Waals surface area contributed by atoms with E-state index in [1.54, 1.807) is 0 Å². The van der Waals surface area contributed by atoms with E-state index in [0.29, 0.717) is 0 Å². The predicted octanol–water partition coefficient (Wildman–Crippen LogP) is 14.4. The molecule has 3 heteroatoms. The SMILES string of the molecule is c1ccc(-c2cc(-c3ccccc3)nc(-c3ccc(-n4c5ccc(-c6ccccc6)cc5c5ccc(-c6ccc7oc8ccccc8c7c6)cc54)cc3)c2)cc1. The van der Waals surface area contributed by atoms with Gasteiger partial charge in [-0.05, 0) is 94.0 Å². The molecular formula is C53H34N2O. The van der Waals surface area contributed by atoms with Crippen LogP contribution in [0.2, 0.25) is 0 Å². The average molecular weight is 715 g/mol. The number of para-hydroxylation sites is 1. The van der Waals surface area contributed by atoms with Crippen LogP contribution >= 0.6 is 0 Å². The van der Waals surface area contributed by atoms with Crippen LogP contribution in [0, 0.1) is 0 Å². The molecule has 0 N–H and O–H groups in total. The van der Waals surface area contributed by atoms with Crippen molar-refractivity contribution in [3.8, 4) is 61.6 Å². The highest BCUT2D eigenvalue weighted by atomic mass is 16.3. The van der Waals surface area contributed by atoms with Gasteiger partial charge in [0, 0.05) is 38.4 Å². The number of pyridine rings is 1. The van der Waals surface area contributed by atoms with Crippen LogP contribution in [-0.4, -0.2) is 9.55 Å². The van der Waals surface area contributed by atoms with E-state index in [4.69, 9.17) is 9.40 Å². The lowest BCUT2D eigenvalue weighted by Crippen LogP contribution is -1.95. The fraction of sp³-hybridized carbons (Fsp3) is 0. The second kappa shape index (κ2) is 13.1. The van der Waals surface area contributed by atoms with Gasteiger partial charge in [0.1, 0.15) is 11.2 Å². The highest BCUT2D eigenvalue weighted by molar-refractivity contribution is 6.12. The van der Waals surface area contributed by atoms with Gasteiger partial charge in [-0.3, -0.25) is 0 Å². The average Bonchev–Trinajstić information content (AvgIpc) is 3.82. The van der Waals surface area contributed by atoms with Crippen molar-refractivity contribution < 1.29 is 4.42 Å². The first-order valence-corrected chi connectivity index (χ1v) is 19.0. The van der Waals surface area contributed by atoms with E-state index < -0.39 is 0 Å². The van der Waals surface area contributed by atoms with Crippen LogP contribution in [-0.2, 0) is 0 Å². The van der Waals surface area contributed by atoms with Crippen LogP contribution in [0.15, 0.2) is 211 Å². The van der Waals surface area contributed by atoms with E-state index in [0.717, 1.165) is 77.9 Å². The first-order valence-electron chi connectivity index (χ1n) is 19.0. The summed E-state index contributed by atoms with van der Waals surface area (Å²) in [4.78, 5) is 5.20. The summed E-state index contributed by atoms with van der Waals surface area (Å²) in [5.74, 6) is 0. The minimum Gasteiger partial charge on any atom is -0.456 e. The number of fused-ring (bicyclic) bond motifs is 6. The predicted molar refractivity (Wildman–Crippen MR) is 233 cm³/mol. The van der Waals surface area contributed by atoms with Gasteiger partial charge in [-0.2, -0.15) is 0 Å². The minimum absolute atomic E-state index is 0.901. The molecule has 0 unspecified atom stereocenters. The van der Waals surface area contributed by atoms with Crippen LogP contribution in [0.3, 0.4) is 0 Å². The van der Waals surface area contributed by atoms with Gasteiger partial charge in [-0.25, -0.2) is 4.98 Å². The summed E-state index contributed by atoms with van der Waals surface area (Å²) in [5.41, 5.74) is 16.3. The van der Waals surface area contributed by atoms with Crippen LogP contribution in [0.25, 0.3) is 105 Å². The summed E-state index contributed by atoms with van der Waals surface area (Å²) >= 11 is 0. The van der Waals surface area contributed by atoms with Gasteiger partial charge in [-0.1, -0.05) is 146 Å². The van der Waals surface area contributed by atoms with E-state index in [9.17, 15) is 0 Å². The highest BCUT2D eigenvalue weighted by Gasteiger charge is 2.17. The highest BCUT2D eigenvalue weighted by Crippen LogP contribution is 2.39. The van der Waals surface area contributed by atoms with Crippen molar-refractivity contribution in [3.63, 3.8) is 0 Å². The van der Waals surface area contributed by atoms with Crippen LogP contribution in [0.4, 0.5) is 0 Å². The Labute approximate surface area is 324 Å². The minimum atomic E-state index is 0.901. The standard InChI is InChI=1S/C53H34N2O/c1-4-12-35(13-5-1)39-23-28-50-46(30-39)44-27-22-41(40-24-29-53-47(31-40)45-18-10-11-19-52(45)56-53)34-51(44)55(50)43-25-20-38(21-26-43)49-33-42(36-14-6-2-7-15-36)32-48(54-49)37-16-8-3-9-17-37/h1-34H. The van der Waals surface area contributed by atoms with Crippen molar-refractivity contribution in [2.24, 2.45) is 0 Å². The molecule has 0 aliphatic heterocycles. The molecule has 0 aliphatic rings. The monoisotopic (exact) mass is 714 g/mol. The number of rotatable bonds is 6. The Morgan fingerprint density at radius 1 is 0.304 bits per heavy atom. The molecule has 3 aromatic heterocycles. The molecule has 0 fully saturated rings. The van der Waals surface area contributed by atoms with Crippen molar-refractivity contribution in [2.45, 2.75) is 0 Å². The molecule has 0 atom stereocenters. The lowest BCUT2D eigenvalue weighted by molar-refractivity contribution is 0.669. The summed E-state index contributed by atoms with van der Waals surface area (Å²) < 4.78 is 8.57. The van der Waals surface area contributed by atoms with E-state index >= 15 is 0 Å². The van der Waals surface area contributed by atoms with Gasteiger partial charge in [0.2, 0.25) is 0 Å². The van der Waals surface area contributed by atoms with E-state index in [-0.39, 0.29) is 0 Å². The molecule has 0 saturated heterocycles. The lowest BCUT2D eigenvalue weighted by Gasteiger charge is -2.12. The zero-order chi connectivity index (χ0) is 37.0. The molecule has 0 spiro atoms. The number of aromatic nitrogens is 2. The van der Waals surface area contributed by atoms with Gasteiger partial charge < -0.3 is 8.98 Å². The second-order valence-corrected chi connectivity index (χ2v) is 14.4. The summed E-state index contributed by atoms with van der Waals surface area (Å²) in [6.45, 7) is 0. The second-order valence-electron chi connectivity index (χ2n) is 14.4. The molecule has 56 heavy (non-hydrogen) atoms. The van der Waals surface area contributed by atoms with Crippen molar-refractivity contribution in [3.05, 3.63) is 206 Å². The van der Waals surface area contributed by atoms with Crippen LogP contribution < -0.4 is 0 Å². The Balaban J connectivity index is 1.07. The summed E-state index contributed by atoms with van der Waals surface area (Å²) in [5, 5.41) is 4.69. The third kappa shape index (κ3) is 5.49. The maximum Gasteiger partial charge on any atom is 0.135 e. The molecule has 0 radical (unpaired) electrons. The number of hydrogen-bond acceptors (Lipinski definition) is 2. The Morgan fingerprint density at radius 2 is 0.821 bits per heavy atom. The quantitative estimate of drug-likeness (QED) is 0.172. The molecule has 0 bridgehead atoms. The Morgan fingerprint density at radius 3 is 1.55 bits per heavy atom. The van der Waals surface area contributed by atoms with Gasteiger partial charge in [0.25, 0.3) is 0 Å². The number of benzene rings is 8. The summed E-state index contributed by atoms with van der Waals surface area (Å²) in [7, 11) is 0. The largest absolute Gasteiger partial charge is 0.456 e. The lowest BCUT2D eigenvalue weighted by atomic mass is 10.00. The molecule has 11 aromatic rings. The molecule has 3 heterocycles. The smallest absolute Gasteiger partial charge is 0.135 e. The molecule has 11 rings (SSSR count). The number of nitrogens with zero attached hydrogens (tertiary/aromatic N) is 2. The fourth-order valence-corrected chi connectivity index (χ4v) is 8.21. The normalized spacial score (nSPS) is 11.6. The zero-order valence-electron chi connectivity index (χ0n) is 30.4. The van der Waals surface area contributed by atoms with Gasteiger partial charge >= 0.3 is 0 Å². The summed E-state index contributed by atoms with van der Waals surface area (Å²) in [6.07, 6.45) is 0. The van der Waals surface area contributed by atoms with E-state index in [1.165, 1.54) is 27.5 Å². The number of hydrogen-bond donors (Lipinski definition) is 0. The van der Waals surface area contributed by atoms with E-state index in [2.05, 4.69) is 193 Å². The van der Waals surface area contributed by atoms with E-state index in [1.807, 2.05) is 18.2 Å². The first kappa shape index (κ1) is 32.0. The molecule has 0 aliphatic carbocycles. The third-order valence-electron chi connectivity index (χ3n) is 11.0. The van der Waals surface area contributed by atoms with Crippen molar-refractivity contribution >= 4 is 43.7 Å². The maximum atomic E-state index is 6.17. The fourth-order valence-electron chi connectivity index (χ4n) is 8.21. The molecule has 0 saturated carbocycles. The van der Waals surface area contributed by atoms with Gasteiger partial charge in [0.15, 0.2) is 0 Å². The van der Waals surface area contributed by atoms with Gasteiger partial charge in [0.05, 0.1) is 22.4 Å². The zero-order valence-corrected chi connectivity index (χ0v) is 30.4. The Hall–Kier alpha value is -7.49. The molecule has 3 nitrogen and oxygen atoms in total.